The average molecular weight is 569 g/mol. The molecule has 0 spiro atoms. The molecule has 0 aromatic heterocycles. The van der Waals surface area contributed by atoms with Gasteiger partial charge >= 0.3 is 5.97 Å². The molecule has 5 rings (SSSR count). The molecule has 0 amide bonds. The largest absolute Gasteiger partial charge is 0.462 e. The first-order chi connectivity index (χ1) is 20.4. The topological polar surface area (TPSA) is 46.5 Å². The van der Waals surface area contributed by atoms with Gasteiger partial charge in [0.15, 0.2) is 0 Å². The van der Waals surface area contributed by atoms with Crippen LogP contribution in [0.3, 0.4) is 0 Å². The van der Waals surface area contributed by atoms with Gasteiger partial charge in [0, 0.05) is 18.1 Å². The number of rotatable bonds is 12. The highest BCUT2D eigenvalue weighted by Gasteiger charge is 2.30. The van der Waals surface area contributed by atoms with Crippen LogP contribution in [0, 0.1) is 23.7 Å². The summed E-state index contributed by atoms with van der Waals surface area (Å²) >= 11 is 0. The van der Waals surface area contributed by atoms with Gasteiger partial charge in [0.05, 0.1) is 6.61 Å². The van der Waals surface area contributed by atoms with Gasteiger partial charge in [-0.15, -0.1) is 0 Å². The van der Waals surface area contributed by atoms with Crippen LogP contribution < -0.4 is 0 Å². The van der Waals surface area contributed by atoms with Gasteiger partial charge in [-0.3, -0.25) is 0 Å². The number of aliphatic hydroxyl groups excluding tert-OH is 1. The van der Waals surface area contributed by atoms with E-state index in [0.717, 1.165) is 29.2 Å². The van der Waals surface area contributed by atoms with Crippen LogP contribution in [0.2, 0.25) is 0 Å². The first kappa shape index (κ1) is 30.8. The third kappa shape index (κ3) is 7.64. The standard InChI is InChI=1S/C39H52O3/c1-4-5-28-8-13-31(14-9-28)32-15-10-29(11-16-32)6-7-30-12-20-37-34(24-30)17-18-35-25-33(19-21-38(35)37)36(22-23-40)26-42-39(41)27(2)3/h12,17-21,24-25,28-29,31-32,36,40H,2,4-11,13-16,22-23,26H2,1,3H3. The minimum atomic E-state index is -0.381. The summed E-state index contributed by atoms with van der Waals surface area (Å²) in [4.78, 5) is 11.9. The molecule has 3 heteroatoms. The quantitative estimate of drug-likeness (QED) is 0.134. The first-order valence-corrected chi connectivity index (χ1v) is 16.8. The van der Waals surface area contributed by atoms with E-state index in [4.69, 9.17) is 4.74 Å². The summed E-state index contributed by atoms with van der Waals surface area (Å²) in [5.41, 5.74) is 2.93. The van der Waals surface area contributed by atoms with Gasteiger partial charge in [0.1, 0.15) is 0 Å². The molecule has 42 heavy (non-hydrogen) atoms. The molecular weight excluding hydrogens is 516 g/mol. The molecule has 1 atom stereocenters. The number of ether oxygens (including phenoxy) is 1. The van der Waals surface area contributed by atoms with E-state index < -0.39 is 0 Å². The van der Waals surface area contributed by atoms with E-state index in [9.17, 15) is 9.90 Å². The Hall–Kier alpha value is -2.65. The van der Waals surface area contributed by atoms with E-state index in [1.807, 2.05) is 0 Å². The zero-order valence-electron chi connectivity index (χ0n) is 26.1. The lowest BCUT2D eigenvalue weighted by Crippen LogP contribution is -2.26. The second-order valence-electron chi connectivity index (χ2n) is 13.6. The van der Waals surface area contributed by atoms with Crippen LogP contribution in [-0.2, 0) is 16.0 Å². The smallest absolute Gasteiger partial charge is 0.333 e. The van der Waals surface area contributed by atoms with Crippen LogP contribution in [0.4, 0.5) is 0 Å². The van der Waals surface area contributed by atoms with Crippen molar-refractivity contribution in [2.45, 2.75) is 103 Å². The summed E-state index contributed by atoms with van der Waals surface area (Å²) in [5.74, 6) is 3.51. The molecule has 0 heterocycles. The summed E-state index contributed by atoms with van der Waals surface area (Å²) in [6.07, 6.45) is 17.7. The molecule has 2 aliphatic rings. The van der Waals surface area contributed by atoms with Crippen molar-refractivity contribution in [3.05, 3.63) is 71.8 Å². The molecule has 226 valence electrons. The van der Waals surface area contributed by atoms with Gasteiger partial charge in [-0.25, -0.2) is 4.79 Å². The molecular formula is C39H52O3. The fraction of sp³-hybridized carbons (Fsp3) is 0.564. The molecule has 2 fully saturated rings. The normalized spacial score (nSPS) is 23.6. The number of esters is 1. The number of benzene rings is 3. The first-order valence-electron chi connectivity index (χ1n) is 16.8. The molecule has 3 aromatic carbocycles. The van der Waals surface area contributed by atoms with Crippen LogP contribution in [0.1, 0.15) is 108 Å². The van der Waals surface area contributed by atoms with Gasteiger partial charge in [-0.05, 0) is 108 Å². The third-order valence-electron chi connectivity index (χ3n) is 10.6. The minimum absolute atomic E-state index is 0.0448. The molecule has 0 aliphatic heterocycles. The number of hydrogen-bond donors (Lipinski definition) is 1. The van der Waals surface area contributed by atoms with E-state index >= 15 is 0 Å². The Balaban J connectivity index is 1.17. The van der Waals surface area contributed by atoms with Gasteiger partial charge in [0.25, 0.3) is 0 Å². The highest BCUT2D eigenvalue weighted by atomic mass is 16.5. The van der Waals surface area contributed by atoms with Crippen LogP contribution in [0.15, 0.2) is 60.7 Å². The van der Waals surface area contributed by atoms with Crippen LogP contribution >= 0.6 is 0 Å². The Bertz CT molecular complexity index is 1340. The second-order valence-corrected chi connectivity index (χ2v) is 13.6. The monoisotopic (exact) mass is 568 g/mol. The summed E-state index contributed by atoms with van der Waals surface area (Å²) in [6, 6.07) is 18.0. The molecule has 2 aliphatic carbocycles. The Labute approximate surface area is 253 Å². The van der Waals surface area contributed by atoms with Gasteiger partial charge in [-0.1, -0.05) is 101 Å². The maximum atomic E-state index is 11.9. The fourth-order valence-corrected chi connectivity index (χ4v) is 8.03. The van der Waals surface area contributed by atoms with Crippen molar-refractivity contribution in [3.8, 4) is 0 Å². The number of aryl methyl sites for hydroxylation is 1. The maximum Gasteiger partial charge on any atom is 0.333 e. The number of carbonyl (C=O) groups excluding carboxylic acids is 1. The summed E-state index contributed by atoms with van der Waals surface area (Å²) in [7, 11) is 0. The van der Waals surface area contributed by atoms with Crippen LogP contribution in [-0.4, -0.2) is 24.3 Å². The van der Waals surface area contributed by atoms with Crippen molar-refractivity contribution >= 4 is 27.5 Å². The van der Waals surface area contributed by atoms with Crippen molar-refractivity contribution in [2.75, 3.05) is 13.2 Å². The van der Waals surface area contributed by atoms with E-state index in [1.165, 1.54) is 104 Å². The van der Waals surface area contributed by atoms with Crippen LogP contribution in [0.25, 0.3) is 21.5 Å². The minimum Gasteiger partial charge on any atom is -0.462 e. The Kier molecular flexibility index (Phi) is 10.8. The Morgan fingerprint density at radius 1 is 0.857 bits per heavy atom. The third-order valence-corrected chi connectivity index (χ3v) is 10.6. The fourth-order valence-electron chi connectivity index (χ4n) is 8.03. The molecule has 0 bridgehead atoms. The Morgan fingerprint density at radius 3 is 2.05 bits per heavy atom. The second kappa shape index (κ2) is 14.7. The van der Waals surface area contributed by atoms with Crippen molar-refractivity contribution in [1.82, 2.24) is 0 Å². The van der Waals surface area contributed by atoms with Gasteiger partial charge < -0.3 is 9.84 Å². The van der Waals surface area contributed by atoms with Gasteiger partial charge in [0.2, 0.25) is 0 Å². The molecule has 3 aromatic rings. The van der Waals surface area contributed by atoms with E-state index in [1.54, 1.807) is 6.92 Å². The van der Waals surface area contributed by atoms with Crippen molar-refractivity contribution in [3.63, 3.8) is 0 Å². The van der Waals surface area contributed by atoms with Crippen molar-refractivity contribution in [1.29, 1.82) is 0 Å². The lowest BCUT2D eigenvalue weighted by atomic mass is 9.68. The molecule has 1 N–H and O–H groups in total. The number of hydrogen-bond acceptors (Lipinski definition) is 3. The summed E-state index contributed by atoms with van der Waals surface area (Å²) < 4.78 is 5.43. The highest BCUT2D eigenvalue weighted by Crippen LogP contribution is 2.43. The summed E-state index contributed by atoms with van der Waals surface area (Å²) in [6.45, 7) is 7.96. The molecule has 3 nitrogen and oxygen atoms in total. The highest BCUT2D eigenvalue weighted by molar-refractivity contribution is 6.07. The van der Waals surface area contributed by atoms with Crippen molar-refractivity contribution in [2.24, 2.45) is 23.7 Å². The SMILES string of the molecule is C=C(C)C(=O)OCC(CCO)c1ccc2c(ccc3cc(CCC4CCC(C5CCC(CCC)CC5)CC4)ccc32)c1. The lowest BCUT2D eigenvalue weighted by molar-refractivity contribution is -0.139. The zero-order chi connectivity index (χ0) is 29.5. The van der Waals surface area contributed by atoms with E-state index in [0.29, 0.717) is 12.0 Å². The van der Waals surface area contributed by atoms with Crippen molar-refractivity contribution < 1.29 is 14.6 Å². The van der Waals surface area contributed by atoms with Gasteiger partial charge in [-0.2, -0.15) is 0 Å². The predicted molar refractivity (Wildman–Crippen MR) is 176 cm³/mol. The van der Waals surface area contributed by atoms with E-state index in [2.05, 4.69) is 62.0 Å². The number of carbonyl (C=O) groups is 1. The van der Waals surface area contributed by atoms with E-state index in [-0.39, 0.29) is 25.1 Å². The Morgan fingerprint density at radius 2 is 1.45 bits per heavy atom. The average Bonchev–Trinajstić information content (AvgIpc) is 3.02. The molecule has 2 saturated carbocycles. The zero-order valence-corrected chi connectivity index (χ0v) is 26.1. The number of aliphatic hydroxyl groups is 1. The number of fused-ring (bicyclic) bond motifs is 3. The molecule has 0 radical (unpaired) electrons. The lowest BCUT2D eigenvalue weighted by Gasteiger charge is -2.38. The molecule has 1 unspecified atom stereocenters. The maximum absolute atomic E-state index is 11.9. The summed E-state index contributed by atoms with van der Waals surface area (Å²) in [5, 5.41) is 14.6. The predicted octanol–water partition coefficient (Wildman–Crippen LogP) is 9.92. The van der Waals surface area contributed by atoms with Crippen LogP contribution in [0.5, 0.6) is 0 Å². The molecule has 0 saturated heterocycles.